The third-order valence-corrected chi connectivity index (χ3v) is 3.96. The second-order valence-corrected chi connectivity index (χ2v) is 5.48. The number of ether oxygens (including phenoxy) is 1. The summed E-state index contributed by atoms with van der Waals surface area (Å²) in [5.74, 6) is 0.432. The monoisotopic (exact) mass is 334 g/mol. The second-order valence-electron chi connectivity index (χ2n) is 4.66. The van der Waals surface area contributed by atoms with Gasteiger partial charge in [0, 0.05) is 23.2 Å². The highest BCUT2D eigenvalue weighted by Crippen LogP contribution is 2.31. The maximum atomic E-state index is 12.5. The molecule has 3 aromatic rings. The number of aromatic nitrogens is 1. The van der Waals surface area contributed by atoms with Crippen molar-refractivity contribution < 1.29 is 9.53 Å². The van der Waals surface area contributed by atoms with Gasteiger partial charge in [0.05, 0.1) is 28.4 Å². The van der Waals surface area contributed by atoms with Crippen LogP contribution in [-0.4, -0.2) is 18.0 Å². The Morgan fingerprint density at radius 2 is 1.91 bits per heavy atom. The van der Waals surface area contributed by atoms with Crippen molar-refractivity contribution in [3.8, 4) is 5.75 Å². The quantitative estimate of drug-likeness (QED) is 0.727. The maximum Gasteiger partial charge on any atom is 0.257 e. The standard InChI is InChI=1S/C16H12Cl2N2O2/c1-22-9-5-6-10-11(8-19-14(10)7-9)16(21)20-15-12(17)3-2-4-13(15)18/h2-8,19H,1H3,(H,20,21). The molecule has 0 bridgehead atoms. The number of nitrogens with one attached hydrogen (secondary N) is 2. The van der Waals surface area contributed by atoms with Gasteiger partial charge in [0.15, 0.2) is 0 Å². The summed E-state index contributed by atoms with van der Waals surface area (Å²) in [5.41, 5.74) is 1.72. The van der Waals surface area contributed by atoms with Crippen LogP contribution in [0.15, 0.2) is 42.6 Å². The number of anilines is 1. The Morgan fingerprint density at radius 1 is 1.18 bits per heavy atom. The van der Waals surface area contributed by atoms with Crippen molar-refractivity contribution in [3.05, 3.63) is 58.2 Å². The number of para-hydroxylation sites is 1. The summed E-state index contributed by atoms with van der Waals surface area (Å²) in [6.07, 6.45) is 1.64. The van der Waals surface area contributed by atoms with Gasteiger partial charge in [-0.15, -0.1) is 0 Å². The Bertz CT molecular complexity index is 838. The first kappa shape index (κ1) is 14.8. The SMILES string of the molecule is COc1ccc2c(C(=O)Nc3c(Cl)cccc3Cl)c[nH]c2c1. The summed E-state index contributed by atoms with van der Waals surface area (Å²) in [6.45, 7) is 0. The smallest absolute Gasteiger partial charge is 0.257 e. The summed E-state index contributed by atoms with van der Waals surface area (Å²) in [5, 5.41) is 4.32. The number of halogens is 2. The Balaban J connectivity index is 1.96. The molecule has 6 heteroatoms. The third-order valence-electron chi connectivity index (χ3n) is 3.33. The minimum atomic E-state index is -0.286. The zero-order chi connectivity index (χ0) is 15.7. The van der Waals surface area contributed by atoms with E-state index in [0.29, 0.717) is 21.3 Å². The highest BCUT2D eigenvalue weighted by Gasteiger charge is 2.15. The van der Waals surface area contributed by atoms with Crippen LogP contribution in [0.25, 0.3) is 10.9 Å². The molecule has 0 fully saturated rings. The average Bonchev–Trinajstić information content (AvgIpc) is 2.94. The van der Waals surface area contributed by atoms with Crippen LogP contribution in [-0.2, 0) is 0 Å². The molecule has 3 rings (SSSR count). The average molecular weight is 335 g/mol. The summed E-state index contributed by atoms with van der Waals surface area (Å²) >= 11 is 12.1. The van der Waals surface area contributed by atoms with Crippen LogP contribution in [0.4, 0.5) is 5.69 Å². The molecule has 0 saturated heterocycles. The highest BCUT2D eigenvalue weighted by atomic mass is 35.5. The first-order chi connectivity index (χ1) is 10.6. The topological polar surface area (TPSA) is 54.1 Å². The molecule has 1 amide bonds. The lowest BCUT2D eigenvalue weighted by Crippen LogP contribution is -2.12. The molecule has 1 heterocycles. The molecule has 0 atom stereocenters. The van der Waals surface area contributed by atoms with Crippen molar-refractivity contribution in [2.75, 3.05) is 12.4 Å². The van der Waals surface area contributed by atoms with Gasteiger partial charge >= 0.3 is 0 Å². The predicted octanol–water partition coefficient (Wildman–Crippen LogP) is 4.74. The zero-order valence-electron chi connectivity index (χ0n) is 11.6. The molecule has 22 heavy (non-hydrogen) atoms. The molecule has 0 aliphatic rings. The summed E-state index contributed by atoms with van der Waals surface area (Å²) in [4.78, 5) is 15.5. The van der Waals surface area contributed by atoms with E-state index in [4.69, 9.17) is 27.9 Å². The highest BCUT2D eigenvalue weighted by molar-refractivity contribution is 6.40. The number of methoxy groups -OCH3 is 1. The van der Waals surface area contributed by atoms with Gasteiger partial charge in [-0.2, -0.15) is 0 Å². The van der Waals surface area contributed by atoms with E-state index in [9.17, 15) is 4.79 Å². The number of carbonyl (C=O) groups is 1. The van der Waals surface area contributed by atoms with Gasteiger partial charge in [0.2, 0.25) is 0 Å². The van der Waals surface area contributed by atoms with Crippen LogP contribution in [0.1, 0.15) is 10.4 Å². The van der Waals surface area contributed by atoms with Crippen molar-refractivity contribution >= 4 is 45.7 Å². The van der Waals surface area contributed by atoms with Gasteiger partial charge in [-0.3, -0.25) is 4.79 Å². The molecule has 0 aliphatic carbocycles. The number of fused-ring (bicyclic) bond motifs is 1. The molecule has 0 spiro atoms. The van der Waals surface area contributed by atoms with Gasteiger partial charge in [0.1, 0.15) is 5.75 Å². The molecular formula is C16H12Cl2N2O2. The fraction of sp³-hybridized carbons (Fsp3) is 0.0625. The van der Waals surface area contributed by atoms with Gasteiger partial charge in [-0.1, -0.05) is 29.3 Å². The van der Waals surface area contributed by atoms with Crippen LogP contribution in [0, 0.1) is 0 Å². The molecule has 2 aromatic carbocycles. The molecule has 0 saturated carbocycles. The Hall–Kier alpha value is -2.17. The number of H-pyrrole nitrogens is 1. The summed E-state index contributed by atoms with van der Waals surface area (Å²) in [7, 11) is 1.59. The largest absolute Gasteiger partial charge is 0.497 e. The molecular weight excluding hydrogens is 323 g/mol. The normalized spacial score (nSPS) is 10.7. The van der Waals surface area contributed by atoms with E-state index in [2.05, 4.69) is 10.3 Å². The van der Waals surface area contributed by atoms with E-state index >= 15 is 0 Å². The molecule has 0 radical (unpaired) electrons. The van der Waals surface area contributed by atoms with Gasteiger partial charge in [-0.25, -0.2) is 0 Å². The van der Waals surface area contributed by atoms with E-state index < -0.39 is 0 Å². The molecule has 1 aromatic heterocycles. The lowest BCUT2D eigenvalue weighted by atomic mass is 10.1. The number of carbonyl (C=O) groups excluding carboxylic acids is 1. The van der Waals surface area contributed by atoms with Crippen molar-refractivity contribution in [1.82, 2.24) is 4.98 Å². The third kappa shape index (κ3) is 2.63. The number of amides is 1. The van der Waals surface area contributed by atoms with Gasteiger partial charge in [0.25, 0.3) is 5.91 Å². The zero-order valence-corrected chi connectivity index (χ0v) is 13.1. The van der Waals surface area contributed by atoms with E-state index in [1.807, 2.05) is 12.1 Å². The number of hydrogen-bond donors (Lipinski definition) is 2. The fourth-order valence-corrected chi connectivity index (χ4v) is 2.71. The Morgan fingerprint density at radius 3 is 2.59 bits per heavy atom. The van der Waals surface area contributed by atoms with Crippen molar-refractivity contribution in [2.24, 2.45) is 0 Å². The maximum absolute atomic E-state index is 12.5. The molecule has 112 valence electrons. The van der Waals surface area contributed by atoms with Crippen LogP contribution in [0.5, 0.6) is 5.75 Å². The minimum absolute atomic E-state index is 0.286. The Kier molecular flexibility index (Phi) is 3.96. The minimum Gasteiger partial charge on any atom is -0.497 e. The Labute approximate surface area is 137 Å². The number of benzene rings is 2. The lowest BCUT2D eigenvalue weighted by Gasteiger charge is -2.08. The van der Waals surface area contributed by atoms with Crippen LogP contribution < -0.4 is 10.1 Å². The van der Waals surface area contributed by atoms with E-state index in [1.54, 1.807) is 37.6 Å². The van der Waals surface area contributed by atoms with E-state index in [0.717, 1.165) is 16.7 Å². The first-order valence-corrected chi connectivity index (χ1v) is 7.26. The van der Waals surface area contributed by atoms with Crippen molar-refractivity contribution in [2.45, 2.75) is 0 Å². The predicted molar refractivity (Wildman–Crippen MR) is 89.3 cm³/mol. The van der Waals surface area contributed by atoms with Crippen molar-refractivity contribution in [3.63, 3.8) is 0 Å². The van der Waals surface area contributed by atoms with Crippen LogP contribution in [0.3, 0.4) is 0 Å². The molecule has 0 unspecified atom stereocenters. The number of aromatic amines is 1. The molecule has 0 aliphatic heterocycles. The van der Waals surface area contributed by atoms with Gasteiger partial charge < -0.3 is 15.0 Å². The van der Waals surface area contributed by atoms with Gasteiger partial charge in [-0.05, 0) is 24.3 Å². The second kappa shape index (κ2) is 5.91. The van der Waals surface area contributed by atoms with E-state index in [-0.39, 0.29) is 5.91 Å². The number of rotatable bonds is 3. The molecule has 2 N–H and O–H groups in total. The van der Waals surface area contributed by atoms with E-state index in [1.165, 1.54) is 0 Å². The van der Waals surface area contributed by atoms with Crippen LogP contribution >= 0.6 is 23.2 Å². The van der Waals surface area contributed by atoms with Crippen molar-refractivity contribution in [1.29, 1.82) is 0 Å². The first-order valence-electron chi connectivity index (χ1n) is 6.50. The molecule has 4 nitrogen and oxygen atoms in total. The summed E-state index contributed by atoms with van der Waals surface area (Å²) in [6, 6.07) is 10.5. The number of hydrogen-bond acceptors (Lipinski definition) is 2. The lowest BCUT2D eigenvalue weighted by molar-refractivity contribution is 0.102. The summed E-state index contributed by atoms with van der Waals surface area (Å²) < 4.78 is 5.16. The fourth-order valence-electron chi connectivity index (χ4n) is 2.22. The van der Waals surface area contributed by atoms with Crippen LogP contribution in [0.2, 0.25) is 10.0 Å².